The number of nitrogens with zero attached hydrogens (tertiary/aromatic N) is 3. The smallest absolute Gasteiger partial charge is 0.257 e. The van der Waals surface area contributed by atoms with Gasteiger partial charge in [-0.3, -0.25) is 9.78 Å². The molecule has 0 fully saturated rings. The van der Waals surface area contributed by atoms with Gasteiger partial charge >= 0.3 is 0 Å². The molecule has 0 atom stereocenters. The Morgan fingerprint density at radius 1 is 1.00 bits per heavy atom. The Bertz CT molecular complexity index is 1070. The van der Waals surface area contributed by atoms with Crippen LogP contribution in [0.2, 0.25) is 0 Å². The molecule has 5 nitrogen and oxygen atoms in total. The van der Waals surface area contributed by atoms with Crippen molar-refractivity contribution >= 4 is 21.9 Å². The summed E-state index contributed by atoms with van der Waals surface area (Å²) in [6, 6.07) is 11.6. The lowest BCUT2D eigenvalue weighted by Crippen LogP contribution is -2.10. The van der Waals surface area contributed by atoms with Gasteiger partial charge in [-0.2, -0.15) is 0 Å². The molecule has 0 aliphatic heterocycles. The van der Waals surface area contributed by atoms with Crippen LogP contribution in [0.25, 0.3) is 33.1 Å². The van der Waals surface area contributed by atoms with Gasteiger partial charge in [-0.1, -0.05) is 18.2 Å². The SMILES string of the molecule is Cc1ncc2cc(-c3cnc4ccccc4c3)c(=O)[nH]c2n1. The minimum atomic E-state index is -0.178. The van der Waals surface area contributed by atoms with E-state index in [1.807, 2.05) is 30.3 Å². The van der Waals surface area contributed by atoms with E-state index in [1.54, 1.807) is 25.4 Å². The molecule has 1 aromatic carbocycles. The molecule has 5 heteroatoms. The molecule has 0 spiro atoms. The molecule has 0 unspecified atom stereocenters. The largest absolute Gasteiger partial charge is 0.306 e. The van der Waals surface area contributed by atoms with Crippen molar-refractivity contribution in [2.75, 3.05) is 0 Å². The van der Waals surface area contributed by atoms with Crippen molar-refractivity contribution in [1.29, 1.82) is 0 Å². The monoisotopic (exact) mass is 288 g/mol. The van der Waals surface area contributed by atoms with Crippen molar-refractivity contribution in [1.82, 2.24) is 19.9 Å². The number of aromatic nitrogens is 4. The summed E-state index contributed by atoms with van der Waals surface area (Å²) in [5.41, 5.74) is 2.63. The maximum Gasteiger partial charge on any atom is 0.257 e. The topological polar surface area (TPSA) is 71.5 Å². The second-order valence-electron chi connectivity index (χ2n) is 5.15. The summed E-state index contributed by atoms with van der Waals surface area (Å²) < 4.78 is 0. The van der Waals surface area contributed by atoms with Gasteiger partial charge < -0.3 is 4.98 Å². The summed E-state index contributed by atoms with van der Waals surface area (Å²) in [7, 11) is 0. The second-order valence-corrected chi connectivity index (χ2v) is 5.15. The number of hydrogen-bond donors (Lipinski definition) is 1. The van der Waals surface area contributed by atoms with Gasteiger partial charge in [0, 0.05) is 34.3 Å². The predicted octanol–water partition coefficient (Wildman–Crippen LogP) is 2.84. The maximum absolute atomic E-state index is 12.3. The Morgan fingerprint density at radius 2 is 1.86 bits per heavy atom. The van der Waals surface area contributed by atoms with Crippen molar-refractivity contribution in [3.05, 3.63) is 65.0 Å². The van der Waals surface area contributed by atoms with Crippen LogP contribution in [-0.4, -0.2) is 19.9 Å². The first-order chi connectivity index (χ1) is 10.7. The van der Waals surface area contributed by atoms with Gasteiger partial charge in [-0.05, 0) is 25.1 Å². The van der Waals surface area contributed by atoms with E-state index >= 15 is 0 Å². The quantitative estimate of drug-likeness (QED) is 0.584. The van der Waals surface area contributed by atoms with Gasteiger partial charge in [0.05, 0.1) is 5.52 Å². The molecule has 0 saturated carbocycles. The molecule has 0 aliphatic carbocycles. The lowest BCUT2D eigenvalue weighted by atomic mass is 10.1. The molecule has 0 aliphatic rings. The summed E-state index contributed by atoms with van der Waals surface area (Å²) in [5.74, 6) is 0.628. The van der Waals surface area contributed by atoms with Crippen LogP contribution in [-0.2, 0) is 0 Å². The number of hydrogen-bond acceptors (Lipinski definition) is 4. The first-order valence-corrected chi connectivity index (χ1v) is 6.92. The standard InChI is InChI=1S/C17H12N4O/c1-10-18-9-13-7-14(17(22)21-16(13)20-10)12-6-11-4-2-3-5-15(11)19-8-12/h2-9H,1H3,(H,18,20,21,22). The molecular weight excluding hydrogens is 276 g/mol. The first kappa shape index (κ1) is 12.6. The van der Waals surface area contributed by atoms with Crippen LogP contribution in [0.3, 0.4) is 0 Å². The average Bonchev–Trinajstić information content (AvgIpc) is 2.53. The van der Waals surface area contributed by atoms with E-state index < -0.39 is 0 Å². The summed E-state index contributed by atoms with van der Waals surface area (Å²) in [4.78, 5) is 28.0. The van der Waals surface area contributed by atoms with Crippen molar-refractivity contribution in [3.8, 4) is 11.1 Å². The van der Waals surface area contributed by atoms with E-state index in [-0.39, 0.29) is 5.56 Å². The fourth-order valence-corrected chi connectivity index (χ4v) is 2.51. The lowest BCUT2D eigenvalue weighted by Gasteiger charge is -2.05. The van der Waals surface area contributed by atoms with Crippen LogP contribution in [0.1, 0.15) is 5.82 Å². The summed E-state index contributed by atoms with van der Waals surface area (Å²) in [5, 5.41) is 1.80. The highest BCUT2D eigenvalue weighted by Crippen LogP contribution is 2.21. The van der Waals surface area contributed by atoms with Crippen LogP contribution in [0, 0.1) is 6.92 Å². The first-order valence-electron chi connectivity index (χ1n) is 6.92. The van der Waals surface area contributed by atoms with Gasteiger partial charge in [0.2, 0.25) is 0 Å². The summed E-state index contributed by atoms with van der Waals surface area (Å²) in [6.45, 7) is 1.79. The highest BCUT2D eigenvalue weighted by atomic mass is 16.1. The molecule has 3 aromatic heterocycles. The number of para-hydroxylation sites is 1. The van der Waals surface area contributed by atoms with Crippen molar-refractivity contribution in [2.24, 2.45) is 0 Å². The summed E-state index contributed by atoms with van der Waals surface area (Å²) >= 11 is 0. The van der Waals surface area contributed by atoms with E-state index in [0.717, 1.165) is 21.9 Å². The molecule has 0 radical (unpaired) electrons. The van der Waals surface area contributed by atoms with Crippen LogP contribution in [0.4, 0.5) is 0 Å². The average molecular weight is 288 g/mol. The Balaban J connectivity index is 1.97. The minimum absolute atomic E-state index is 0.178. The number of nitrogens with one attached hydrogen (secondary N) is 1. The van der Waals surface area contributed by atoms with Gasteiger partial charge in [-0.15, -0.1) is 0 Å². The van der Waals surface area contributed by atoms with Gasteiger partial charge in [0.1, 0.15) is 11.5 Å². The third kappa shape index (κ3) is 2.03. The minimum Gasteiger partial charge on any atom is -0.306 e. The zero-order valence-corrected chi connectivity index (χ0v) is 11.9. The molecule has 4 aromatic rings. The maximum atomic E-state index is 12.3. The number of rotatable bonds is 1. The van der Waals surface area contributed by atoms with Crippen molar-refractivity contribution in [3.63, 3.8) is 0 Å². The Labute approximate surface area is 125 Å². The number of aromatic amines is 1. The zero-order chi connectivity index (χ0) is 15.1. The molecule has 106 valence electrons. The van der Waals surface area contributed by atoms with E-state index in [1.165, 1.54) is 0 Å². The molecule has 0 amide bonds. The van der Waals surface area contributed by atoms with Crippen LogP contribution >= 0.6 is 0 Å². The highest BCUT2D eigenvalue weighted by molar-refractivity contribution is 5.85. The van der Waals surface area contributed by atoms with E-state index in [4.69, 9.17) is 0 Å². The van der Waals surface area contributed by atoms with Crippen LogP contribution < -0.4 is 5.56 Å². The fourth-order valence-electron chi connectivity index (χ4n) is 2.51. The van der Waals surface area contributed by atoms with Crippen LogP contribution in [0.15, 0.2) is 53.6 Å². The normalized spacial score (nSPS) is 11.1. The van der Waals surface area contributed by atoms with Gasteiger partial charge in [0.15, 0.2) is 0 Å². The Morgan fingerprint density at radius 3 is 2.77 bits per heavy atom. The fraction of sp³-hybridized carbons (Fsp3) is 0.0588. The Kier molecular flexibility index (Phi) is 2.72. The molecular formula is C17H12N4O. The number of aryl methyl sites for hydroxylation is 1. The molecule has 4 rings (SSSR count). The van der Waals surface area contributed by atoms with E-state index in [0.29, 0.717) is 17.0 Å². The van der Waals surface area contributed by atoms with E-state index in [9.17, 15) is 4.79 Å². The number of H-pyrrole nitrogens is 1. The number of fused-ring (bicyclic) bond motifs is 2. The molecule has 1 N–H and O–H groups in total. The number of pyridine rings is 2. The highest BCUT2D eigenvalue weighted by Gasteiger charge is 2.08. The molecule has 0 saturated heterocycles. The van der Waals surface area contributed by atoms with Crippen molar-refractivity contribution < 1.29 is 0 Å². The van der Waals surface area contributed by atoms with E-state index in [2.05, 4.69) is 19.9 Å². The molecule has 0 bridgehead atoms. The van der Waals surface area contributed by atoms with Crippen molar-refractivity contribution in [2.45, 2.75) is 6.92 Å². The lowest BCUT2D eigenvalue weighted by molar-refractivity contribution is 1.06. The Hall–Kier alpha value is -3.08. The third-order valence-corrected chi connectivity index (χ3v) is 3.62. The summed E-state index contributed by atoms with van der Waals surface area (Å²) in [6.07, 6.45) is 3.43. The molecule has 3 heterocycles. The van der Waals surface area contributed by atoms with Gasteiger partial charge in [0.25, 0.3) is 5.56 Å². The van der Waals surface area contributed by atoms with Gasteiger partial charge in [-0.25, -0.2) is 9.97 Å². The predicted molar refractivity (Wildman–Crippen MR) is 85.6 cm³/mol. The number of benzene rings is 1. The third-order valence-electron chi connectivity index (χ3n) is 3.62. The zero-order valence-electron chi connectivity index (χ0n) is 11.9. The molecule has 22 heavy (non-hydrogen) atoms. The van der Waals surface area contributed by atoms with Crippen LogP contribution in [0.5, 0.6) is 0 Å². The second kappa shape index (κ2) is 4.73.